The number of Topliss-reactive ketones (excluding diaryl/α,β-unsaturated/α-hetero) is 1. The van der Waals surface area contributed by atoms with E-state index < -0.39 is 6.04 Å². The number of carbonyl (C=O) groups is 3. The number of ketones is 1. The molecular formula is C23H33N2O3P. The third-order valence-electron chi connectivity index (χ3n) is 6.01. The summed E-state index contributed by atoms with van der Waals surface area (Å²) in [4.78, 5) is 36.9. The quantitative estimate of drug-likeness (QED) is 0.540. The molecule has 1 aromatic carbocycles. The summed E-state index contributed by atoms with van der Waals surface area (Å²) in [5, 5.41) is 6.03. The lowest BCUT2D eigenvalue weighted by atomic mass is 9.74. The molecular weight excluding hydrogens is 383 g/mol. The van der Waals surface area contributed by atoms with Crippen molar-refractivity contribution >= 4 is 31.8 Å². The monoisotopic (exact) mass is 416 g/mol. The summed E-state index contributed by atoms with van der Waals surface area (Å²) < 4.78 is 0. The Labute approximate surface area is 176 Å². The summed E-state index contributed by atoms with van der Waals surface area (Å²) in [6.45, 7) is 5.58. The molecule has 1 aromatic rings. The number of rotatable bonds is 11. The maximum atomic E-state index is 12.6. The summed E-state index contributed by atoms with van der Waals surface area (Å²) in [7, 11) is 3.57. The van der Waals surface area contributed by atoms with Crippen LogP contribution in [0.2, 0.25) is 0 Å². The van der Waals surface area contributed by atoms with Gasteiger partial charge in [0.15, 0.2) is 5.78 Å². The minimum Gasteiger partial charge on any atom is -0.343 e. The summed E-state index contributed by atoms with van der Waals surface area (Å²) >= 11 is 0. The van der Waals surface area contributed by atoms with Gasteiger partial charge in [0.05, 0.1) is 6.54 Å². The first-order chi connectivity index (χ1) is 13.8. The third-order valence-corrected chi connectivity index (χ3v) is 6.61. The Kier molecular flexibility index (Phi) is 9.03. The van der Waals surface area contributed by atoms with Crippen molar-refractivity contribution in [3.05, 3.63) is 35.9 Å². The fourth-order valence-electron chi connectivity index (χ4n) is 3.71. The lowest BCUT2D eigenvalue weighted by Gasteiger charge is -2.33. The first-order valence-corrected chi connectivity index (χ1v) is 11.0. The lowest BCUT2D eigenvalue weighted by Crippen LogP contribution is -2.44. The molecule has 0 radical (unpaired) electrons. The molecule has 0 saturated heterocycles. The Morgan fingerprint density at radius 3 is 2.34 bits per heavy atom. The maximum Gasteiger partial charge on any atom is 0.251 e. The number of amides is 2. The molecule has 0 bridgehead atoms. The third kappa shape index (κ3) is 6.78. The molecule has 29 heavy (non-hydrogen) atoms. The van der Waals surface area contributed by atoms with E-state index in [1.807, 2.05) is 18.2 Å². The summed E-state index contributed by atoms with van der Waals surface area (Å²) in [6, 6.07) is 8.38. The highest BCUT2D eigenvalue weighted by Crippen LogP contribution is 2.36. The predicted molar refractivity (Wildman–Crippen MR) is 119 cm³/mol. The van der Waals surface area contributed by atoms with Crippen LogP contribution in [-0.4, -0.2) is 29.4 Å². The van der Waals surface area contributed by atoms with Crippen molar-refractivity contribution < 1.29 is 14.4 Å². The molecule has 2 rings (SSSR count). The second-order valence-electron chi connectivity index (χ2n) is 8.14. The van der Waals surface area contributed by atoms with Crippen LogP contribution in [0.3, 0.4) is 0 Å². The molecule has 3 atom stereocenters. The second-order valence-corrected chi connectivity index (χ2v) is 8.68. The predicted octanol–water partition coefficient (Wildman–Crippen LogP) is 3.72. The standard InChI is InChI=1S/C23H33N2O3P/c1-4-15(2)19(13-17-9-8-10-17)22(29)23(28)24-14-20(27)25-21(16(3)26)18-11-6-5-7-12-18/h5-7,11-12,15,17,19,21,29H,4,8-10,13-14H2,1-3H3,(H,24,28)(H,25,27). The molecule has 0 heterocycles. The summed E-state index contributed by atoms with van der Waals surface area (Å²) in [6.07, 6.45) is 5.76. The Balaban J connectivity index is 1.91. The van der Waals surface area contributed by atoms with Gasteiger partial charge in [0.2, 0.25) is 5.91 Å². The Hall–Kier alpha value is -2.00. The van der Waals surface area contributed by atoms with Crippen LogP contribution >= 0.6 is 8.86 Å². The van der Waals surface area contributed by atoms with Crippen LogP contribution in [0.4, 0.5) is 0 Å². The van der Waals surface area contributed by atoms with Crippen molar-refractivity contribution in [1.82, 2.24) is 10.6 Å². The lowest BCUT2D eigenvalue weighted by molar-refractivity contribution is -0.127. The Morgan fingerprint density at radius 2 is 1.83 bits per heavy atom. The van der Waals surface area contributed by atoms with Gasteiger partial charge in [0, 0.05) is 5.29 Å². The van der Waals surface area contributed by atoms with Gasteiger partial charge in [-0.3, -0.25) is 14.4 Å². The van der Waals surface area contributed by atoms with Crippen LogP contribution in [0.25, 0.3) is 0 Å². The van der Waals surface area contributed by atoms with Gasteiger partial charge >= 0.3 is 0 Å². The van der Waals surface area contributed by atoms with Gasteiger partial charge in [-0.2, -0.15) is 0 Å². The molecule has 158 valence electrons. The fourth-order valence-corrected chi connectivity index (χ4v) is 4.20. The highest BCUT2D eigenvalue weighted by atomic mass is 31.0. The van der Waals surface area contributed by atoms with Crippen molar-refractivity contribution in [1.29, 1.82) is 0 Å². The van der Waals surface area contributed by atoms with E-state index in [2.05, 4.69) is 33.3 Å². The molecule has 2 N–H and O–H groups in total. The zero-order valence-electron chi connectivity index (χ0n) is 17.7. The smallest absolute Gasteiger partial charge is 0.251 e. The molecule has 2 amide bonds. The number of nitrogens with one attached hydrogen (secondary N) is 2. The highest BCUT2D eigenvalue weighted by molar-refractivity contribution is 7.25. The molecule has 0 aromatic heterocycles. The Bertz CT molecular complexity index is 731. The van der Waals surface area contributed by atoms with E-state index in [1.165, 1.54) is 26.2 Å². The van der Waals surface area contributed by atoms with Crippen molar-refractivity contribution in [3.8, 4) is 0 Å². The largest absolute Gasteiger partial charge is 0.343 e. The van der Waals surface area contributed by atoms with Gasteiger partial charge in [0.25, 0.3) is 5.91 Å². The number of benzene rings is 1. The zero-order chi connectivity index (χ0) is 21.4. The second kappa shape index (κ2) is 11.3. The van der Waals surface area contributed by atoms with Gasteiger partial charge in [-0.25, -0.2) is 0 Å². The van der Waals surface area contributed by atoms with Crippen LogP contribution in [0.1, 0.15) is 64.5 Å². The highest BCUT2D eigenvalue weighted by Gasteiger charge is 2.30. The van der Waals surface area contributed by atoms with E-state index >= 15 is 0 Å². The zero-order valence-corrected chi connectivity index (χ0v) is 18.7. The van der Waals surface area contributed by atoms with E-state index in [1.54, 1.807) is 12.1 Å². The Morgan fingerprint density at radius 1 is 1.17 bits per heavy atom. The van der Waals surface area contributed by atoms with Crippen LogP contribution in [0.15, 0.2) is 30.3 Å². The van der Waals surface area contributed by atoms with Gasteiger partial charge in [-0.05, 0) is 36.7 Å². The van der Waals surface area contributed by atoms with Crippen molar-refractivity contribution in [3.63, 3.8) is 0 Å². The van der Waals surface area contributed by atoms with Gasteiger partial charge in [0.1, 0.15) is 6.04 Å². The van der Waals surface area contributed by atoms with Crippen molar-refractivity contribution in [2.75, 3.05) is 6.54 Å². The van der Waals surface area contributed by atoms with Crippen LogP contribution < -0.4 is 10.6 Å². The van der Waals surface area contributed by atoms with Crippen LogP contribution in [0.5, 0.6) is 0 Å². The summed E-state index contributed by atoms with van der Waals surface area (Å²) in [5.41, 5.74) is 0.726. The molecule has 1 fully saturated rings. The van der Waals surface area contributed by atoms with E-state index in [0.29, 0.717) is 17.1 Å². The number of hydrogen-bond donors (Lipinski definition) is 2. The van der Waals surface area contributed by atoms with Gasteiger partial charge < -0.3 is 10.6 Å². The minimum absolute atomic E-state index is 0.152. The average molecular weight is 417 g/mol. The molecule has 1 saturated carbocycles. The molecule has 0 aliphatic heterocycles. The minimum atomic E-state index is -0.709. The van der Waals surface area contributed by atoms with E-state index in [-0.39, 0.29) is 30.1 Å². The van der Waals surface area contributed by atoms with E-state index in [0.717, 1.165) is 18.4 Å². The SMILES string of the molecule is CCC(C)C(CC1CCC1)C(=P)C(=O)NCC(=O)NC(C(C)=O)c1ccccc1. The van der Waals surface area contributed by atoms with Gasteiger partial charge in [-0.1, -0.05) is 69.9 Å². The van der Waals surface area contributed by atoms with Crippen LogP contribution in [-0.2, 0) is 14.4 Å². The van der Waals surface area contributed by atoms with E-state index in [9.17, 15) is 14.4 Å². The average Bonchev–Trinajstić information content (AvgIpc) is 2.68. The number of hydrogen-bond acceptors (Lipinski definition) is 3. The fraction of sp³-hybridized carbons (Fsp3) is 0.565. The molecule has 1 aliphatic carbocycles. The molecule has 6 heteroatoms. The van der Waals surface area contributed by atoms with Crippen LogP contribution in [0, 0.1) is 17.8 Å². The van der Waals surface area contributed by atoms with Crippen molar-refractivity contribution in [2.45, 2.75) is 58.9 Å². The van der Waals surface area contributed by atoms with Crippen molar-refractivity contribution in [2.24, 2.45) is 17.8 Å². The molecule has 5 nitrogen and oxygen atoms in total. The first kappa shape index (κ1) is 23.3. The molecule has 1 aliphatic rings. The summed E-state index contributed by atoms with van der Waals surface area (Å²) in [5.74, 6) is 0.461. The first-order valence-electron chi connectivity index (χ1n) is 10.5. The van der Waals surface area contributed by atoms with Gasteiger partial charge in [-0.15, -0.1) is 8.86 Å². The topological polar surface area (TPSA) is 75.3 Å². The molecule has 0 spiro atoms. The number of carbonyl (C=O) groups excluding carboxylic acids is 3. The molecule has 3 unspecified atom stereocenters. The maximum absolute atomic E-state index is 12.6. The van der Waals surface area contributed by atoms with E-state index in [4.69, 9.17) is 0 Å². The normalized spacial score (nSPS) is 16.8.